The predicted octanol–water partition coefficient (Wildman–Crippen LogP) is 3.83. The number of piperidine rings is 2. The number of terminal acetylenes is 1. The summed E-state index contributed by atoms with van der Waals surface area (Å²) in [5.41, 5.74) is 4.53. The van der Waals surface area contributed by atoms with Gasteiger partial charge in [0.15, 0.2) is 11.6 Å². The number of ketones is 1. The van der Waals surface area contributed by atoms with Crippen LogP contribution < -0.4 is 25.8 Å². The third-order valence-corrected chi connectivity index (χ3v) is 14.5. The Hall–Kier alpha value is -6.35. The van der Waals surface area contributed by atoms with Crippen LogP contribution in [-0.2, 0) is 16.1 Å². The number of likely N-dealkylation sites (tertiary alicyclic amines) is 2. The maximum absolute atomic E-state index is 14.2. The molecule has 5 N–H and O–H groups in total. The number of nitrogens with zero attached hydrogens (tertiary/aromatic N) is 9. The van der Waals surface area contributed by atoms with E-state index in [1.165, 1.54) is 4.90 Å². The molecule has 68 heavy (non-hydrogen) atoms. The maximum atomic E-state index is 14.2. The molecule has 4 atom stereocenters. The Morgan fingerprint density at radius 3 is 2.35 bits per heavy atom. The van der Waals surface area contributed by atoms with Crippen molar-refractivity contribution in [3.8, 4) is 29.4 Å². The number of anilines is 3. The van der Waals surface area contributed by atoms with Gasteiger partial charge in [0.25, 0.3) is 0 Å². The number of aliphatic hydroxyl groups is 1. The highest BCUT2D eigenvalue weighted by Gasteiger charge is 2.45. The first-order chi connectivity index (χ1) is 32.8. The number of benzene rings is 2. The Kier molecular flexibility index (Phi) is 13.8. The number of piperazine rings is 1. The van der Waals surface area contributed by atoms with Crippen molar-refractivity contribution in [3.05, 3.63) is 83.7 Å². The molecule has 5 aliphatic rings. The lowest BCUT2D eigenvalue weighted by atomic mass is 9.85. The van der Waals surface area contributed by atoms with Crippen LogP contribution in [0.15, 0.2) is 67.0 Å². The first-order valence-electron chi connectivity index (χ1n) is 24.1. The molecule has 2 aromatic carbocycles. The number of Topliss-reactive ketones (excluding diaryl/α,β-unsaturated/α-hetero) is 1. The number of carbonyl (C=O) groups is 3. The molecule has 5 aliphatic heterocycles. The van der Waals surface area contributed by atoms with E-state index < -0.39 is 23.6 Å². The number of phenols is 1. The van der Waals surface area contributed by atoms with Crippen molar-refractivity contribution < 1.29 is 24.6 Å². The van der Waals surface area contributed by atoms with E-state index in [1.807, 2.05) is 75.6 Å². The summed E-state index contributed by atoms with van der Waals surface area (Å²) in [6.45, 7) is 12.6. The van der Waals surface area contributed by atoms with Crippen LogP contribution in [0.2, 0.25) is 0 Å². The monoisotopic (exact) mass is 925 g/mol. The number of urea groups is 1. The van der Waals surface area contributed by atoms with Crippen molar-refractivity contribution in [1.29, 1.82) is 0 Å². The van der Waals surface area contributed by atoms with Gasteiger partial charge in [0, 0.05) is 101 Å². The van der Waals surface area contributed by atoms with E-state index in [2.05, 4.69) is 46.8 Å². The molecule has 17 heteroatoms. The van der Waals surface area contributed by atoms with Crippen LogP contribution in [0.3, 0.4) is 0 Å². The number of aromatic nitrogens is 4. The minimum Gasteiger partial charge on any atom is -0.507 e. The fourth-order valence-corrected chi connectivity index (χ4v) is 10.6. The zero-order valence-electron chi connectivity index (χ0n) is 39.4. The predicted molar refractivity (Wildman–Crippen MR) is 260 cm³/mol. The Morgan fingerprint density at radius 2 is 1.65 bits per heavy atom. The second kappa shape index (κ2) is 20.1. The summed E-state index contributed by atoms with van der Waals surface area (Å²) in [6.07, 6.45) is 12.2. The number of para-hydroxylation sites is 1. The first-order valence-corrected chi connectivity index (χ1v) is 24.1. The summed E-state index contributed by atoms with van der Waals surface area (Å²) in [7, 11) is 0. The molecule has 17 nitrogen and oxygen atoms in total. The van der Waals surface area contributed by atoms with Gasteiger partial charge in [-0.2, -0.15) is 0 Å². The molecule has 4 aromatic rings. The number of phenolic OH excluding ortho intramolecular Hbond substituents is 1. The normalized spacial score (nSPS) is 21.9. The molecule has 0 bridgehead atoms. The number of aliphatic hydroxyl groups excluding tert-OH is 1. The van der Waals surface area contributed by atoms with E-state index in [1.54, 1.807) is 17.0 Å². The number of rotatable bonds is 11. The third kappa shape index (κ3) is 10.2. The van der Waals surface area contributed by atoms with Crippen molar-refractivity contribution in [2.45, 2.75) is 95.6 Å². The Labute approximate surface area is 398 Å². The lowest BCUT2D eigenvalue weighted by Crippen LogP contribution is -2.61. The van der Waals surface area contributed by atoms with Crippen LogP contribution in [0, 0.1) is 17.8 Å². The largest absolute Gasteiger partial charge is 0.507 e. The van der Waals surface area contributed by atoms with Crippen LogP contribution in [-0.4, -0.2) is 159 Å². The second-order valence-electron chi connectivity index (χ2n) is 20.1. The Bertz CT molecular complexity index is 2480. The minimum absolute atomic E-state index is 0.0312. The lowest BCUT2D eigenvalue weighted by Gasteiger charge is -2.49. The average molecular weight is 925 g/mol. The average Bonchev–Trinajstić information content (AvgIpc) is 3.76. The van der Waals surface area contributed by atoms with Crippen LogP contribution in [0.25, 0.3) is 11.3 Å². The van der Waals surface area contributed by atoms with Crippen molar-refractivity contribution >= 4 is 35.2 Å². The number of nitrogens with one attached hydrogen (secondary N) is 3. The molecule has 7 heterocycles. The zero-order chi connectivity index (χ0) is 47.5. The van der Waals surface area contributed by atoms with Gasteiger partial charge in [-0.1, -0.05) is 51.0 Å². The van der Waals surface area contributed by atoms with Crippen molar-refractivity contribution in [2.75, 3.05) is 80.6 Å². The van der Waals surface area contributed by atoms with E-state index >= 15 is 0 Å². The highest BCUT2D eigenvalue weighted by molar-refractivity contribution is 5.94. The van der Waals surface area contributed by atoms with E-state index in [0.717, 1.165) is 99.1 Å². The molecule has 0 saturated carbocycles. The molecule has 0 unspecified atom stereocenters. The number of amides is 3. The van der Waals surface area contributed by atoms with Gasteiger partial charge in [-0.3, -0.25) is 14.5 Å². The molecule has 4 saturated heterocycles. The van der Waals surface area contributed by atoms with Gasteiger partial charge in [0.1, 0.15) is 11.8 Å². The van der Waals surface area contributed by atoms with Crippen molar-refractivity contribution in [2.24, 2.45) is 5.41 Å². The molecular formula is C51H64N12O5. The number of fused-ring (bicyclic) bond motifs is 3. The van der Waals surface area contributed by atoms with Crippen LogP contribution >= 0.6 is 0 Å². The maximum Gasteiger partial charge on any atom is 0.318 e. The Balaban J connectivity index is 0.730. The van der Waals surface area contributed by atoms with Gasteiger partial charge in [0.05, 0.1) is 36.1 Å². The molecule has 0 spiro atoms. The summed E-state index contributed by atoms with van der Waals surface area (Å²) < 4.78 is 0. The van der Waals surface area contributed by atoms with Gasteiger partial charge in [0.2, 0.25) is 11.9 Å². The van der Waals surface area contributed by atoms with Crippen molar-refractivity contribution in [3.63, 3.8) is 0 Å². The van der Waals surface area contributed by atoms with E-state index in [0.29, 0.717) is 43.0 Å². The fraction of sp³-hybridized carbons (Fsp3) is 0.510. The summed E-state index contributed by atoms with van der Waals surface area (Å²) in [5, 5.41) is 39.6. The SMILES string of the molecule is C#Cc1ccc(CNCC(=O)[C@@H]2C[C@@H](O)CN2C(=O)[C@@H](NC(=O)N2CCC(c3cnc(N4CCC(N5CCN6c7cc(-c8ccccc8O)nnc7NC[C@H]6C5)CC4)nc3)CC2)C(C)(C)C)cc1. The summed E-state index contributed by atoms with van der Waals surface area (Å²) in [6, 6.07) is 15.6. The molecule has 0 aliphatic carbocycles. The number of β-amino-alcohol motifs (C(OH)–C–C–N with tert-alkyl or cyclic N) is 1. The number of hydrogen-bond acceptors (Lipinski definition) is 14. The molecule has 2 aromatic heterocycles. The van der Waals surface area contributed by atoms with Gasteiger partial charge >= 0.3 is 6.03 Å². The lowest BCUT2D eigenvalue weighted by molar-refractivity contribution is -0.141. The van der Waals surface area contributed by atoms with Crippen LogP contribution in [0.1, 0.15) is 75.5 Å². The number of carbonyl (C=O) groups excluding carboxylic acids is 3. The van der Waals surface area contributed by atoms with Gasteiger partial charge in [-0.25, -0.2) is 14.8 Å². The van der Waals surface area contributed by atoms with Gasteiger partial charge in [-0.05, 0) is 78.5 Å². The molecule has 0 radical (unpaired) electrons. The number of aromatic hydroxyl groups is 1. The standard InChI is InChI=1S/C51H64N12O5/c1-5-33-10-12-34(13-11-33)26-52-30-45(66)42-24-39(64)32-63(42)48(67)46(51(2,3)4)56-50(68)60-18-14-35(15-19-60)36-27-54-49(55-28-36)59-20-16-37(17-21-59)61-22-23-62-38(31-61)29-53-47-43(62)25-41(57-58-47)40-8-6-7-9-44(40)65/h1,6-13,25,27-28,35,37-39,42,46,52,64-65H,14-24,26,29-32H2,2-4H3,(H,53,58)(H,56,68)/t38-,39+,42-,46+/m0/s1. The topological polar surface area (TPSA) is 196 Å². The molecule has 358 valence electrons. The first kappa shape index (κ1) is 46.7. The Morgan fingerprint density at radius 1 is 0.912 bits per heavy atom. The summed E-state index contributed by atoms with van der Waals surface area (Å²) in [5.74, 6) is 3.97. The molecular weight excluding hydrogens is 861 g/mol. The minimum atomic E-state index is -0.901. The second-order valence-corrected chi connectivity index (χ2v) is 20.1. The van der Waals surface area contributed by atoms with E-state index in [9.17, 15) is 24.6 Å². The van der Waals surface area contributed by atoms with Gasteiger partial charge in [-0.15, -0.1) is 16.6 Å². The highest BCUT2D eigenvalue weighted by Crippen LogP contribution is 2.37. The molecule has 9 rings (SSSR count). The van der Waals surface area contributed by atoms with Crippen molar-refractivity contribution in [1.82, 2.24) is 45.5 Å². The van der Waals surface area contributed by atoms with Crippen LogP contribution in [0.4, 0.5) is 22.2 Å². The van der Waals surface area contributed by atoms with E-state index in [-0.39, 0.29) is 48.9 Å². The molecule has 3 amide bonds. The number of hydrogen-bond donors (Lipinski definition) is 5. The summed E-state index contributed by atoms with van der Waals surface area (Å²) in [4.78, 5) is 61.7. The fourth-order valence-electron chi connectivity index (χ4n) is 10.6. The third-order valence-electron chi connectivity index (χ3n) is 14.5. The smallest absolute Gasteiger partial charge is 0.318 e. The molecule has 4 fully saturated rings. The highest BCUT2D eigenvalue weighted by atomic mass is 16.3. The van der Waals surface area contributed by atoms with E-state index in [4.69, 9.17) is 16.4 Å². The zero-order valence-corrected chi connectivity index (χ0v) is 39.4. The van der Waals surface area contributed by atoms with Crippen LogP contribution in [0.5, 0.6) is 5.75 Å². The van der Waals surface area contributed by atoms with Gasteiger partial charge < -0.3 is 45.8 Å². The quantitative estimate of drug-likeness (QED) is 0.136. The summed E-state index contributed by atoms with van der Waals surface area (Å²) >= 11 is 0.